The number of aliphatic hydroxyl groups excluding tert-OH is 1. The number of carbonyl (C=O) groups excluding carboxylic acids is 5. The van der Waals surface area contributed by atoms with E-state index in [4.69, 9.17) is 4.74 Å². The minimum Gasteiger partial charge on any atom is -0.388 e. The smallest absolute Gasteiger partial charge is 0.246 e. The molecule has 6 atom stereocenters. The van der Waals surface area contributed by atoms with Crippen molar-refractivity contribution in [1.29, 1.82) is 0 Å². The van der Waals surface area contributed by atoms with Crippen LogP contribution >= 0.6 is 0 Å². The lowest BCUT2D eigenvalue weighted by molar-refractivity contribution is -0.146. The van der Waals surface area contributed by atoms with Gasteiger partial charge in [0.1, 0.15) is 30.3 Å². The van der Waals surface area contributed by atoms with Crippen molar-refractivity contribution in [2.75, 3.05) is 26.2 Å². The van der Waals surface area contributed by atoms with Crippen LogP contribution in [0.4, 0.5) is 0 Å². The molecule has 0 radical (unpaired) electrons. The summed E-state index contributed by atoms with van der Waals surface area (Å²) in [4.78, 5) is 71.0. The number of nitrogens with zero attached hydrogens (tertiary/aromatic N) is 2. The van der Waals surface area contributed by atoms with Gasteiger partial charge < -0.3 is 35.6 Å². The van der Waals surface area contributed by atoms with Crippen LogP contribution in [0.5, 0.6) is 0 Å². The fraction of sp³-hybridized carbons (Fsp3) is 0.667. The second-order valence-corrected chi connectivity index (χ2v) is 13.4. The van der Waals surface area contributed by atoms with Crippen molar-refractivity contribution in [3.05, 3.63) is 35.9 Å². The van der Waals surface area contributed by atoms with Crippen molar-refractivity contribution in [1.82, 2.24) is 25.8 Å². The van der Waals surface area contributed by atoms with E-state index in [0.29, 0.717) is 32.2 Å². The average molecular weight is 628 g/mol. The first-order chi connectivity index (χ1) is 21.4. The number of aliphatic hydroxyl groups is 1. The number of hydrogen-bond donors (Lipinski definition) is 4. The Morgan fingerprint density at radius 2 is 1.69 bits per heavy atom. The molecule has 12 heteroatoms. The standard InChI is InChI=1S/C33H49N5O7/c1-20(2)15-24-31(42)35-23-12-14-45-27(30(23)41)18-37(29(40)16-21(3)4)19-28(39)34-25(17-22-9-6-5-7-10-22)33(44)38-13-8-11-26(38)32(43)36-24/h5-7,9-10,20-21,23-27,30,41H,8,11-19H2,1-4H3,(H,34,39)(H,35,42)(H,36,43)/t23-,24+,25-,26+,27+,30-/m0/s1. The summed E-state index contributed by atoms with van der Waals surface area (Å²) in [5.41, 5.74) is 0.827. The Bertz CT molecular complexity index is 1210. The molecule has 1 aromatic carbocycles. The summed E-state index contributed by atoms with van der Waals surface area (Å²) in [6.07, 6.45) is 0.117. The maximum atomic E-state index is 14.1. The lowest BCUT2D eigenvalue weighted by Crippen LogP contribution is -2.60. The third-order valence-electron chi connectivity index (χ3n) is 8.65. The summed E-state index contributed by atoms with van der Waals surface area (Å²) < 4.78 is 5.86. The van der Waals surface area contributed by atoms with Crippen molar-refractivity contribution in [2.24, 2.45) is 11.8 Å². The third-order valence-corrected chi connectivity index (χ3v) is 8.65. The van der Waals surface area contributed by atoms with E-state index in [1.54, 1.807) is 0 Å². The predicted molar refractivity (Wildman–Crippen MR) is 167 cm³/mol. The molecule has 3 saturated heterocycles. The summed E-state index contributed by atoms with van der Waals surface area (Å²) >= 11 is 0. The largest absolute Gasteiger partial charge is 0.388 e. The summed E-state index contributed by atoms with van der Waals surface area (Å²) in [7, 11) is 0. The highest BCUT2D eigenvalue weighted by atomic mass is 16.5. The van der Waals surface area contributed by atoms with Gasteiger partial charge in [-0.05, 0) is 43.1 Å². The van der Waals surface area contributed by atoms with E-state index >= 15 is 0 Å². The molecule has 2 bridgehead atoms. The fourth-order valence-electron chi connectivity index (χ4n) is 6.36. The molecule has 45 heavy (non-hydrogen) atoms. The van der Waals surface area contributed by atoms with Gasteiger partial charge in [-0.25, -0.2) is 0 Å². The highest BCUT2D eigenvalue weighted by Gasteiger charge is 2.41. The Morgan fingerprint density at radius 3 is 2.38 bits per heavy atom. The molecule has 3 aliphatic rings. The molecule has 3 heterocycles. The van der Waals surface area contributed by atoms with Gasteiger partial charge in [-0.1, -0.05) is 58.0 Å². The second-order valence-electron chi connectivity index (χ2n) is 13.4. The summed E-state index contributed by atoms with van der Waals surface area (Å²) in [5, 5.41) is 19.9. The van der Waals surface area contributed by atoms with E-state index < -0.39 is 60.0 Å². The first kappa shape index (κ1) is 34.4. The van der Waals surface area contributed by atoms with Crippen LogP contribution in [-0.2, 0) is 35.1 Å². The SMILES string of the molecule is CC(C)CC(=O)N1CC(=O)N[C@@H](Cc2ccccc2)C(=O)N2CCC[C@@H]2C(=O)N[C@H](CC(C)C)C(=O)N[C@H]2CCO[C@H](C1)[C@H]2O. The number of benzene rings is 1. The van der Waals surface area contributed by atoms with E-state index in [9.17, 15) is 29.1 Å². The molecular weight excluding hydrogens is 578 g/mol. The fourth-order valence-corrected chi connectivity index (χ4v) is 6.36. The molecule has 0 aromatic heterocycles. The van der Waals surface area contributed by atoms with Crippen LogP contribution in [0.25, 0.3) is 0 Å². The monoisotopic (exact) mass is 627 g/mol. The van der Waals surface area contributed by atoms with Crippen LogP contribution in [0.15, 0.2) is 30.3 Å². The maximum Gasteiger partial charge on any atom is 0.246 e. The first-order valence-electron chi connectivity index (χ1n) is 16.2. The summed E-state index contributed by atoms with van der Waals surface area (Å²) in [6.45, 7) is 7.87. The van der Waals surface area contributed by atoms with Crippen molar-refractivity contribution in [3.63, 3.8) is 0 Å². The molecule has 0 spiro atoms. The van der Waals surface area contributed by atoms with Crippen LogP contribution < -0.4 is 16.0 Å². The van der Waals surface area contributed by atoms with Crippen LogP contribution in [0.1, 0.15) is 65.4 Å². The van der Waals surface area contributed by atoms with Crippen LogP contribution in [-0.4, -0.2) is 107 Å². The van der Waals surface area contributed by atoms with Crippen LogP contribution in [0.2, 0.25) is 0 Å². The van der Waals surface area contributed by atoms with Crippen LogP contribution in [0, 0.1) is 11.8 Å². The third kappa shape index (κ3) is 9.26. The molecule has 3 fully saturated rings. The zero-order valence-corrected chi connectivity index (χ0v) is 26.9. The molecule has 0 unspecified atom stereocenters. The lowest BCUT2D eigenvalue weighted by atomic mass is 9.97. The van der Waals surface area contributed by atoms with Gasteiger partial charge in [0.25, 0.3) is 0 Å². The topological polar surface area (TPSA) is 157 Å². The van der Waals surface area contributed by atoms with Crippen molar-refractivity contribution in [3.8, 4) is 0 Å². The molecular formula is C33H49N5O7. The number of amides is 5. The Labute approximate surface area is 265 Å². The van der Waals surface area contributed by atoms with Gasteiger partial charge in [0.2, 0.25) is 29.5 Å². The van der Waals surface area contributed by atoms with E-state index in [1.165, 1.54) is 9.80 Å². The summed E-state index contributed by atoms with van der Waals surface area (Å²) in [5.74, 6) is -1.95. The molecule has 5 amide bonds. The molecule has 4 N–H and O–H groups in total. The zero-order chi connectivity index (χ0) is 32.7. The number of rotatable bonds is 6. The van der Waals surface area contributed by atoms with Gasteiger partial charge in [0.05, 0.1) is 19.1 Å². The second kappa shape index (κ2) is 15.7. The van der Waals surface area contributed by atoms with Gasteiger partial charge in [-0.3, -0.25) is 24.0 Å². The highest BCUT2D eigenvalue weighted by Crippen LogP contribution is 2.22. The Morgan fingerprint density at radius 1 is 0.956 bits per heavy atom. The lowest BCUT2D eigenvalue weighted by Gasteiger charge is -2.38. The number of fused-ring (bicyclic) bond motifs is 3. The highest BCUT2D eigenvalue weighted by molar-refractivity contribution is 5.95. The molecule has 4 rings (SSSR count). The number of carbonyl (C=O) groups is 5. The average Bonchev–Trinajstić information content (AvgIpc) is 3.47. The molecule has 1 aromatic rings. The van der Waals surface area contributed by atoms with Crippen LogP contribution in [0.3, 0.4) is 0 Å². The first-order valence-corrected chi connectivity index (χ1v) is 16.2. The molecule has 0 aliphatic carbocycles. The quantitative estimate of drug-likeness (QED) is 0.363. The normalized spacial score (nSPS) is 28.8. The summed E-state index contributed by atoms with van der Waals surface area (Å²) in [6, 6.07) is 5.96. The number of nitrogens with one attached hydrogen (secondary N) is 3. The maximum absolute atomic E-state index is 14.1. The molecule has 0 saturated carbocycles. The Balaban J connectivity index is 1.70. The van der Waals surface area contributed by atoms with Gasteiger partial charge in [-0.15, -0.1) is 0 Å². The number of hydrogen-bond acceptors (Lipinski definition) is 7. The predicted octanol–water partition coefficient (Wildman–Crippen LogP) is 0.759. The minimum atomic E-state index is -1.15. The Hall–Kier alpha value is -3.51. The van der Waals surface area contributed by atoms with Gasteiger partial charge in [0, 0.05) is 26.0 Å². The van der Waals surface area contributed by atoms with Crippen molar-refractivity contribution < 1.29 is 33.8 Å². The van der Waals surface area contributed by atoms with Gasteiger partial charge in [-0.2, -0.15) is 0 Å². The van der Waals surface area contributed by atoms with E-state index in [0.717, 1.165) is 5.56 Å². The van der Waals surface area contributed by atoms with Gasteiger partial charge >= 0.3 is 0 Å². The van der Waals surface area contributed by atoms with Crippen molar-refractivity contribution in [2.45, 2.75) is 103 Å². The van der Waals surface area contributed by atoms with Crippen molar-refractivity contribution >= 4 is 29.5 Å². The van der Waals surface area contributed by atoms with Gasteiger partial charge in [0.15, 0.2) is 0 Å². The van der Waals surface area contributed by atoms with E-state index in [-0.39, 0.29) is 50.3 Å². The molecule has 248 valence electrons. The zero-order valence-electron chi connectivity index (χ0n) is 26.9. The van der Waals surface area contributed by atoms with E-state index in [1.807, 2.05) is 58.0 Å². The molecule has 12 nitrogen and oxygen atoms in total. The molecule has 3 aliphatic heterocycles. The minimum absolute atomic E-state index is 0.0244. The Kier molecular flexibility index (Phi) is 12.0. The number of ether oxygens (including phenoxy) is 1. The van der Waals surface area contributed by atoms with E-state index in [2.05, 4.69) is 16.0 Å².